The molecule has 0 amide bonds. The highest BCUT2D eigenvalue weighted by Gasteiger charge is 2.75. The number of aliphatic hydroxyl groups is 1. The second kappa shape index (κ2) is 10.4. The smallest absolute Gasteiger partial charge is 0.178 e. The van der Waals surface area contributed by atoms with Crippen LogP contribution in [0.5, 0.6) is 0 Å². The molecular formula is C31H35Cl3O5S. The number of fused-ring (bicyclic) bond motifs is 7. The van der Waals surface area contributed by atoms with Crippen molar-refractivity contribution in [3.05, 3.63) is 51.0 Å². The normalized spacial score (nSPS) is 41.7. The fraction of sp³-hybridized carbons (Fsp3) is 0.613. The van der Waals surface area contributed by atoms with E-state index in [0.717, 1.165) is 24.8 Å². The quantitative estimate of drug-likeness (QED) is 0.331. The Morgan fingerprint density at radius 3 is 2.62 bits per heavy atom. The summed E-state index contributed by atoms with van der Waals surface area (Å²) in [5.74, 6) is 0.353. The SMILES string of the molecule is CCCC1O[C@@H]2CC3C4CCC5=CC(=O)C=CC5(C)C4[C@@H](O)CC3(C)[C@@]2(C(=O)CSc2c(Cl)cc(Cl)cc2Cl)O1. The Kier molecular flexibility index (Phi) is 7.59. The molecule has 5 aliphatic rings. The lowest BCUT2D eigenvalue weighted by Crippen LogP contribution is -2.63. The van der Waals surface area contributed by atoms with Gasteiger partial charge < -0.3 is 14.6 Å². The van der Waals surface area contributed by atoms with Crippen LogP contribution in [0.15, 0.2) is 40.8 Å². The zero-order valence-corrected chi connectivity index (χ0v) is 26.0. The number of benzene rings is 1. The summed E-state index contributed by atoms with van der Waals surface area (Å²) in [7, 11) is 0. The van der Waals surface area contributed by atoms with Crippen molar-refractivity contribution in [2.45, 2.75) is 88.3 Å². The van der Waals surface area contributed by atoms with E-state index in [1.165, 1.54) is 11.8 Å². The third-order valence-corrected chi connectivity index (χ3v) is 12.7. The van der Waals surface area contributed by atoms with Gasteiger partial charge in [0.2, 0.25) is 0 Å². The number of hydrogen-bond acceptors (Lipinski definition) is 6. The number of ketones is 2. The first-order valence-electron chi connectivity index (χ1n) is 14.2. The average molecular weight is 626 g/mol. The van der Waals surface area contributed by atoms with Crippen molar-refractivity contribution in [3.63, 3.8) is 0 Å². The number of carbonyl (C=O) groups excluding carboxylic acids is 2. The fourth-order valence-electron chi connectivity index (χ4n) is 8.92. The molecule has 3 saturated carbocycles. The van der Waals surface area contributed by atoms with Crippen LogP contribution in [0.2, 0.25) is 15.1 Å². The highest BCUT2D eigenvalue weighted by atomic mass is 35.5. The second-order valence-corrected chi connectivity index (χ2v) is 14.8. The molecule has 9 heteroatoms. The number of hydrogen-bond donors (Lipinski definition) is 1. The van der Waals surface area contributed by atoms with Crippen molar-refractivity contribution in [1.82, 2.24) is 0 Å². The molecule has 1 heterocycles. The number of aliphatic hydroxyl groups excluding tert-OH is 1. The number of ether oxygens (including phenoxy) is 2. The van der Waals surface area contributed by atoms with Crippen LogP contribution in [-0.4, -0.2) is 46.5 Å². The predicted octanol–water partition coefficient (Wildman–Crippen LogP) is 7.48. The van der Waals surface area contributed by atoms with E-state index >= 15 is 0 Å². The molecule has 9 atom stereocenters. The molecule has 1 saturated heterocycles. The highest BCUT2D eigenvalue weighted by molar-refractivity contribution is 8.00. The van der Waals surface area contributed by atoms with E-state index in [2.05, 4.69) is 20.8 Å². The molecule has 0 spiro atoms. The zero-order chi connectivity index (χ0) is 28.6. The van der Waals surface area contributed by atoms with Crippen molar-refractivity contribution in [3.8, 4) is 0 Å². The van der Waals surface area contributed by atoms with Gasteiger partial charge in [-0.2, -0.15) is 0 Å². The molecule has 0 aromatic heterocycles. The Morgan fingerprint density at radius 2 is 1.93 bits per heavy atom. The van der Waals surface area contributed by atoms with Crippen LogP contribution in [0, 0.1) is 28.6 Å². The van der Waals surface area contributed by atoms with E-state index in [1.807, 2.05) is 6.08 Å². The number of thioether (sulfide) groups is 1. The predicted molar refractivity (Wildman–Crippen MR) is 158 cm³/mol. The molecule has 1 aliphatic heterocycles. The van der Waals surface area contributed by atoms with Gasteiger partial charge in [-0.1, -0.05) is 73.6 Å². The molecule has 40 heavy (non-hydrogen) atoms. The Labute approximate surface area is 255 Å². The van der Waals surface area contributed by atoms with Gasteiger partial charge in [-0.25, -0.2) is 0 Å². The number of halogens is 3. The summed E-state index contributed by atoms with van der Waals surface area (Å²) >= 11 is 20.3. The molecule has 4 fully saturated rings. The standard InChI is InChI=1S/C31H35Cl3O5S/c1-4-5-26-38-25-13-20-19-7-6-16-10-18(35)8-9-29(16,2)27(19)23(36)14-30(20,3)31(25,39-26)24(37)15-40-28-21(33)11-17(32)12-22(28)34/h8-12,19-20,23,25-27,36H,4-7,13-15H2,1-3H3/t19?,20?,23-,25+,26?,27?,29?,30?,31-/m0/s1. The van der Waals surface area contributed by atoms with Crippen molar-refractivity contribution >= 4 is 58.1 Å². The van der Waals surface area contributed by atoms with E-state index in [0.29, 0.717) is 39.2 Å². The zero-order valence-electron chi connectivity index (χ0n) is 22.9. The number of rotatable bonds is 6. The summed E-state index contributed by atoms with van der Waals surface area (Å²) in [6, 6.07) is 3.25. The molecule has 4 aliphatic carbocycles. The van der Waals surface area contributed by atoms with Crippen LogP contribution in [0.4, 0.5) is 0 Å². The molecule has 1 aromatic rings. The summed E-state index contributed by atoms with van der Waals surface area (Å²) in [4.78, 5) is 27.2. The fourth-order valence-corrected chi connectivity index (χ4v) is 10.9. The lowest BCUT2D eigenvalue weighted by atomic mass is 9.46. The number of allylic oxidation sites excluding steroid dienone is 4. The number of carbonyl (C=O) groups is 2. The minimum Gasteiger partial charge on any atom is -0.393 e. The van der Waals surface area contributed by atoms with Gasteiger partial charge in [-0.05, 0) is 68.2 Å². The lowest BCUT2D eigenvalue weighted by molar-refractivity contribution is -0.197. The van der Waals surface area contributed by atoms with Crippen LogP contribution in [-0.2, 0) is 19.1 Å². The highest BCUT2D eigenvalue weighted by Crippen LogP contribution is 2.70. The van der Waals surface area contributed by atoms with E-state index < -0.39 is 23.4 Å². The topological polar surface area (TPSA) is 72.8 Å². The second-order valence-electron chi connectivity index (χ2n) is 12.6. The van der Waals surface area contributed by atoms with Gasteiger partial charge in [0.05, 0.1) is 28.0 Å². The molecular weight excluding hydrogens is 591 g/mol. The third-order valence-electron chi connectivity index (χ3n) is 10.5. The lowest BCUT2D eigenvalue weighted by Gasteiger charge is -2.59. The summed E-state index contributed by atoms with van der Waals surface area (Å²) in [6.45, 7) is 6.36. The van der Waals surface area contributed by atoms with Gasteiger partial charge in [0.1, 0.15) is 0 Å². The monoisotopic (exact) mass is 624 g/mol. The van der Waals surface area contributed by atoms with Crippen molar-refractivity contribution in [1.29, 1.82) is 0 Å². The maximum absolute atomic E-state index is 14.4. The van der Waals surface area contributed by atoms with E-state index in [1.54, 1.807) is 24.3 Å². The first-order valence-corrected chi connectivity index (χ1v) is 16.3. The van der Waals surface area contributed by atoms with Crippen LogP contribution in [0.25, 0.3) is 0 Å². The molecule has 5 nitrogen and oxygen atoms in total. The number of Topliss-reactive ketones (excluding diaryl/α,β-unsaturated/α-hetero) is 1. The van der Waals surface area contributed by atoms with Crippen LogP contribution < -0.4 is 0 Å². The Balaban J connectivity index is 1.35. The van der Waals surface area contributed by atoms with Gasteiger partial charge in [-0.3, -0.25) is 9.59 Å². The molecule has 1 N–H and O–H groups in total. The van der Waals surface area contributed by atoms with Gasteiger partial charge in [0, 0.05) is 26.7 Å². The molecule has 216 valence electrons. The molecule has 6 unspecified atom stereocenters. The Morgan fingerprint density at radius 1 is 1.20 bits per heavy atom. The van der Waals surface area contributed by atoms with Crippen LogP contribution in [0.3, 0.4) is 0 Å². The summed E-state index contributed by atoms with van der Waals surface area (Å²) in [6.07, 6.45) is 8.31. The van der Waals surface area contributed by atoms with Gasteiger partial charge >= 0.3 is 0 Å². The summed E-state index contributed by atoms with van der Waals surface area (Å²) < 4.78 is 13.2. The maximum Gasteiger partial charge on any atom is 0.178 e. The largest absolute Gasteiger partial charge is 0.393 e. The summed E-state index contributed by atoms with van der Waals surface area (Å²) in [5.41, 5.74) is -1.05. The minimum absolute atomic E-state index is 0.0168. The van der Waals surface area contributed by atoms with Gasteiger partial charge in [0.25, 0.3) is 0 Å². The van der Waals surface area contributed by atoms with Crippen molar-refractivity contribution in [2.75, 3.05) is 5.75 Å². The Bertz CT molecular complexity index is 1290. The molecule has 0 bridgehead atoms. The maximum atomic E-state index is 14.4. The van der Waals surface area contributed by atoms with Gasteiger partial charge in [0.15, 0.2) is 23.5 Å². The Hall–Kier alpha value is -0.860. The molecule has 0 radical (unpaired) electrons. The molecule has 1 aromatic carbocycles. The van der Waals surface area contributed by atoms with Crippen LogP contribution in [0.1, 0.15) is 59.3 Å². The van der Waals surface area contributed by atoms with E-state index in [9.17, 15) is 14.7 Å². The van der Waals surface area contributed by atoms with Crippen LogP contribution >= 0.6 is 46.6 Å². The van der Waals surface area contributed by atoms with Gasteiger partial charge in [-0.15, -0.1) is 11.8 Å². The average Bonchev–Trinajstić information content (AvgIpc) is 3.35. The van der Waals surface area contributed by atoms with E-state index in [4.69, 9.17) is 44.3 Å². The van der Waals surface area contributed by atoms with Crippen molar-refractivity contribution < 1.29 is 24.2 Å². The van der Waals surface area contributed by atoms with E-state index in [-0.39, 0.29) is 46.6 Å². The van der Waals surface area contributed by atoms with Crippen molar-refractivity contribution in [2.24, 2.45) is 28.6 Å². The first-order chi connectivity index (χ1) is 18.9. The minimum atomic E-state index is -1.17. The molecule has 6 rings (SSSR count). The first kappa shape index (κ1) is 29.2. The summed E-state index contributed by atoms with van der Waals surface area (Å²) in [5, 5.41) is 13.1. The third kappa shape index (κ3) is 4.23.